The number of carbonyl (C=O) groups excluding carboxylic acids is 2. The summed E-state index contributed by atoms with van der Waals surface area (Å²) in [5.74, 6) is 1.44. The van der Waals surface area contributed by atoms with Crippen LogP contribution in [0.4, 0.5) is 0 Å². The van der Waals surface area contributed by atoms with Crippen molar-refractivity contribution in [1.29, 1.82) is 0 Å². The van der Waals surface area contributed by atoms with Gasteiger partial charge in [0.25, 0.3) is 0 Å². The van der Waals surface area contributed by atoms with Gasteiger partial charge in [0.05, 0.1) is 0 Å². The number of hydrogen-bond donors (Lipinski definition) is 2. The number of nitrogens with zero attached hydrogens (tertiary/aromatic N) is 1. The minimum atomic E-state index is 0. The van der Waals surface area contributed by atoms with Crippen molar-refractivity contribution in [3.63, 3.8) is 0 Å². The average molecular weight is 372 g/mol. The fourth-order valence-corrected chi connectivity index (χ4v) is 4.64. The van der Waals surface area contributed by atoms with Crippen LogP contribution >= 0.6 is 12.4 Å². The van der Waals surface area contributed by atoms with Gasteiger partial charge in [-0.15, -0.1) is 12.4 Å². The zero-order chi connectivity index (χ0) is 17.1. The molecular formula is C19H34ClN3O2. The smallest absolute Gasteiger partial charge is 0.222 e. The fraction of sp³-hybridized carbons (Fsp3) is 0.895. The molecule has 0 radical (unpaired) electrons. The van der Waals surface area contributed by atoms with Crippen molar-refractivity contribution >= 4 is 24.2 Å². The van der Waals surface area contributed by atoms with Gasteiger partial charge < -0.3 is 15.5 Å². The molecule has 25 heavy (non-hydrogen) atoms. The number of fused-ring (bicyclic) bond motifs is 2. The zero-order valence-corrected chi connectivity index (χ0v) is 16.4. The Morgan fingerprint density at radius 1 is 1.08 bits per heavy atom. The third-order valence-corrected chi connectivity index (χ3v) is 5.84. The second-order valence-corrected chi connectivity index (χ2v) is 8.50. The molecule has 3 aliphatic rings. The summed E-state index contributed by atoms with van der Waals surface area (Å²) >= 11 is 0. The summed E-state index contributed by atoms with van der Waals surface area (Å²) in [4.78, 5) is 26.4. The van der Waals surface area contributed by atoms with E-state index in [0.29, 0.717) is 36.8 Å². The summed E-state index contributed by atoms with van der Waals surface area (Å²) in [6.45, 7) is 5.73. The van der Waals surface area contributed by atoms with Crippen LogP contribution in [0.5, 0.6) is 0 Å². The average Bonchev–Trinajstić information content (AvgIpc) is 2.86. The van der Waals surface area contributed by atoms with Gasteiger partial charge in [0.15, 0.2) is 0 Å². The van der Waals surface area contributed by atoms with E-state index in [2.05, 4.69) is 24.5 Å². The molecule has 0 spiro atoms. The second kappa shape index (κ2) is 9.22. The van der Waals surface area contributed by atoms with Crippen molar-refractivity contribution < 1.29 is 9.59 Å². The van der Waals surface area contributed by atoms with Crippen LogP contribution in [-0.4, -0.2) is 47.9 Å². The number of likely N-dealkylation sites (tertiary alicyclic amines) is 1. The van der Waals surface area contributed by atoms with Crippen LogP contribution in [0.2, 0.25) is 0 Å². The maximum absolute atomic E-state index is 12.4. The molecule has 0 aliphatic carbocycles. The highest BCUT2D eigenvalue weighted by Gasteiger charge is 2.34. The van der Waals surface area contributed by atoms with Crippen molar-refractivity contribution in [2.45, 2.75) is 83.3 Å². The van der Waals surface area contributed by atoms with Gasteiger partial charge in [-0.1, -0.05) is 13.8 Å². The molecule has 0 saturated carbocycles. The van der Waals surface area contributed by atoms with Gasteiger partial charge in [0.1, 0.15) is 0 Å². The molecule has 0 aromatic heterocycles. The monoisotopic (exact) mass is 371 g/mol. The highest BCUT2D eigenvalue weighted by molar-refractivity contribution is 5.85. The fourth-order valence-electron chi connectivity index (χ4n) is 4.64. The van der Waals surface area contributed by atoms with Gasteiger partial charge in [0, 0.05) is 44.1 Å². The highest BCUT2D eigenvalue weighted by atomic mass is 35.5. The maximum atomic E-state index is 12.4. The molecule has 2 atom stereocenters. The van der Waals surface area contributed by atoms with Crippen LogP contribution in [0, 0.1) is 11.8 Å². The summed E-state index contributed by atoms with van der Waals surface area (Å²) in [7, 11) is 0. The van der Waals surface area contributed by atoms with Crippen LogP contribution in [0.1, 0.15) is 65.2 Å². The van der Waals surface area contributed by atoms with Gasteiger partial charge in [-0.05, 0) is 50.4 Å². The van der Waals surface area contributed by atoms with E-state index in [1.165, 1.54) is 12.8 Å². The van der Waals surface area contributed by atoms with Crippen molar-refractivity contribution in [2.24, 2.45) is 11.8 Å². The van der Waals surface area contributed by atoms with Crippen LogP contribution in [-0.2, 0) is 9.59 Å². The first-order chi connectivity index (χ1) is 11.5. The van der Waals surface area contributed by atoms with E-state index in [9.17, 15) is 9.59 Å². The molecule has 2 N–H and O–H groups in total. The number of nitrogens with one attached hydrogen (secondary N) is 2. The predicted molar refractivity (Wildman–Crippen MR) is 102 cm³/mol. The molecule has 3 aliphatic heterocycles. The number of rotatable bonds is 5. The summed E-state index contributed by atoms with van der Waals surface area (Å²) in [5, 5.41) is 6.85. The number of carbonyl (C=O) groups is 2. The molecule has 0 aromatic rings. The number of hydrogen-bond acceptors (Lipinski definition) is 3. The lowest BCUT2D eigenvalue weighted by atomic mass is 9.89. The van der Waals surface area contributed by atoms with Crippen LogP contribution in [0.25, 0.3) is 0 Å². The Morgan fingerprint density at radius 2 is 1.68 bits per heavy atom. The maximum Gasteiger partial charge on any atom is 0.222 e. The van der Waals surface area contributed by atoms with E-state index in [-0.39, 0.29) is 30.3 Å². The SMILES string of the molecule is CC(C)CC(=O)N1CCC(NC(=O)CC2CC3CCC(C2)N3)CC1.Cl. The Balaban J connectivity index is 0.00000225. The van der Waals surface area contributed by atoms with Crippen molar-refractivity contribution in [3.8, 4) is 0 Å². The molecular weight excluding hydrogens is 338 g/mol. The van der Waals surface area contributed by atoms with Crippen molar-refractivity contribution in [3.05, 3.63) is 0 Å². The Labute approximate surface area is 158 Å². The standard InChI is InChI=1S/C19H33N3O2.ClH/c1-13(2)9-19(24)22-7-5-15(6-8-22)21-18(23)12-14-10-16-3-4-17(11-14)20-16;/h13-17,20H,3-12H2,1-2H3,(H,21,23);1H. The molecule has 144 valence electrons. The van der Waals surface area contributed by atoms with E-state index in [1.807, 2.05) is 4.90 Å². The molecule has 2 unspecified atom stereocenters. The summed E-state index contributed by atoms with van der Waals surface area (Å²) in [5.41, 5.74) is 0. The van der Waals surface area contributed by atoms with Crippen molar-refractivity contribution in [2.75, 3.05) is 13.1 Å². The van der Waals surface area contributed by atoms with E-state index in [4.69, 9.17) is 0 Å². The Morgan fingerprint density at radius 3 is 2.24 bits per heavy atom. The summed E-state index contributed by atoms with van der Waals surface area (Å²) in [6, 6.07) is 1.55. The van der Waals surface area contributed by atoms with E-state index >= 15 is 0 Å². The minimum Gasteiger partial charge on any atom is -0.353 e. The largest absolute Gasteiger partial charge is 0.353 e. The normalized spacial score (nSPS) is 29.4. The minimum absolute atomic E-state index is 0. The summed E-state index contributed by atoms with van der Waals surface area (Å²) in [6.07, 6.45) is 7.99. The molecule has 2 bridgehead atoms. The lowest BCUT2D eigenvalue weighted by molar-refractivity contribution is -0.133. The molecule has 3 fully saturated rings. The van der Waals surface area contributed by atoms with E-state index in [1.54, 1.807) is 0 Å². The topological polar surface area (TPSA) is 61.4 Å². The number of halogens is 1. The third kappa shape index (κ3) is 5.85. The molecule has 2 amide bonds. The van der Waals surface area contributed by atoms with Gasteiger partial charge in [0.2, 0.25) is 11.8 Å². The molecule has 0 aromatic carbocycles. The Kier molecular flexibility index (Phi) is 7.56. The molecule has 3 saturated heterocycles. The first-order valence-corrected chi connectivity index (χ1v) is 9.82. The third-order valence-electron chi connectivity index (χ3n) is 5.84. The van der Waals surface area contributed by atoms with E-state index in [0.717, 1.165) is 38.8 Å². The lowest BCUT2D eigenvalue weighted by Crippen LogP contribution is -2.47. The van der Waals surface area contributed by atoms with Gasteiger partial charge in [-0.2, -0.15) is 0 Å². The van der Waals surface area contributed by atoms with Gasteiger partial charge >= 0.3 is 0 Å². The second-order valence-electron chi connectivity index (χ2n) is 8.50. The molecule has 5 nitrogen and oxygen atoms in total. The van der Waals surface area contributed by atoms with Gasteiger partial charge in [-0.25, -0.2) is 0 Å². The zero-order valence-electron chi connectivity index (χ0n) is 15.6. The van der Waals surface area contributed by atoms with Crippen LogP contribution in [0.15, 0.2) is 0 Å². The first kappa shape index (κ1) is 20.5. The van der Waals surface area contributed by atoms with Crippen molar-refractivity contribution in [1.82, 2.24) is 15.5 Å². The van der Waals surface area contributed by atoms with E-state index < -0.39 is 0 Å². The Bertz CT molecular complexity index is 452. The number of amides is 2. The quantitative estimate of drug-likeness (QED) is 0.780. The van der Waals surface area contributed by atoms with Crippen LogP contribution < -0.4 is 10.6 Å². The summed E-state index contributed by atoms with van der Waals surface area (Å²) < 4.78 is 0. The molecule has 3 rings (SSSR count). The molecule has 6 heteroatoms. The lowest BCUT2D eigenvalue weighted by Gasteiger charge is -2.33. The molecule has 3 heterocycles. The highest BCUT2D eigenvalue weighted by Crippen LogP contribution is 2.32. The Hall–Kier alpha value is -0.810. The number of piperidine rings is 2. The van der Waals surface area contributed by atoms with Gasteiger partial charge in [-0.3, -0.25) is 9.59 Å². The van der Waals surface area contributed by atoms with Crippen LogP contribution in [0.3, 0.4) is 0 Å². The first-order valence-electron chi connectivity index (χ1n) is 9.82. The predicted octanol–water partition coefficient (Wildman–Crippen LogP) is 2.48.